The molecule has 0 aromatic rings. The molecule has 0 spiro atoms. The van der Waals surface area contributed by atoms with Gasteiger partial charge in [0.05, 0.1) is 19.3 Å². The lowest BCUT2D eigenvalue weighted by Gasteiger charge is -2.13. The molecule has 1 saturated carbocycles. The molecule has 0 aromatic heterocycles. The summed E-state index contributed by atoms with van der Waals surface area (Å²) < 4.78 is 5.19. The molecule has 0 radical (unpaired) electrons. The zero-order chi connectivity index (χ0) is 9.42. The van der Waals surface area contributed by atoms with Crippen LogP contribution in [0.15, 0.2) is 0 Å². The van der Waals surface area contributed by atoms with Crippen LogP contribution in [-0.4, -0.2) is 37.6 Å². The van der Waals surface area contributed by atoms with Crippen molar-refractivity contribution in [2.45, 2.75) is 0 Å². The van der Waals surface area contributed by atoms with Gasteiger partial charge >= 0.3 is 0 Å². The van der Waals surface area contributed by atoms with Crippen LogP contribution in [0.5, 0.6) is 0 Å². The van der Waals surface area contributed by atoms with E-state index in [0.29, 0.717) is 11.8 Å². The summed E-state index contributed by atoms with van der Waals surface area (Å²) in [5, 5.41) is 8.42. The minimum Gasteiger partial charge on any atom is -0.381 e. The second kappa shape index (κ2) is 3.00. The highest BCUT2D eigenvalue weighted by molar-refractivity contribution is 5.82. The van der Waals surface area contributed by atoms with Crippen LogP contribution in [0.2, 0.25) is 0 Å². The van der Waals surface area contributed by atoms with Crippen LogP contribution in [0, 0.1) is 29.1 Å². The molecule has 0 N–H and O–H groups in total. The third-order valence-corrected chi connectivity index (χ3v) is 2.92. The van der Waals surface area contributed by atoms with E-state index in [-0.39, 0.29) is 18.4 Å². The van der Waals surface area contributed by atoms with Crippen molar-refractivity contribution in [3.63, 3.8) is 0 Å². The SMILES string of the molecule is CN(CC#N)C(=O)C1C2COCC21. The van der Waals surface area contributed by atoms with Crippen molar-refractivity contribution in [3.8, 4) is 6.07 Å². The van der Waals surface area contributed by atoms with Crippen molar-refractivity contribution in [1.29, 1.82) is 5.26 Å². The number of nitrogens with zero attached hydrogens (tertiary/aromatic N) is 2. The first-order valence-corrected chi connectivity index (χ1v) is 4.45. The monoisotopic (exact) mass is 180 g/mol. The smallest absolute Gasteiger partial charge is 0.227 e. The molecule has 13 heavy (non-hydrogen) atoms. The standard InChI is InChI=1S/C9H12N2O2/c1-11(3-2-10)9(12)8-6-4-13-5-7(6)8/h6-8H,3-5H2,1H3. The fourth-order valence-corrected chi connectivity index (χ4v) is 2.04. The molecule has 2 aliphatic rings. The van der Waals surface area contributed by atoms with Crippen LogP contribution in [-0.2, 0) is 9.53 Å². The third kappa shape index (κ3) is 1.29. The number of carbonyl (C=O) groups is 1. The number of amides is 1. The summed E-state index contributed by atoms with van der Waals surface area (Å²) in [5.74, 6) is 1.13. The number of carbonyl (C=O) groups excluding carboxylic acids is 1. The van der Waals surface area contributed by atoms with E-state index < -0.39 is 0 Å². The molecule has 70 valence electrons. The van der Waals surface area contributed by atoms with Crippen LogP contribution in [0.4, 0.5) is 0 Å². The molecule has 1 saturated heterocycles. The minimum absolute atomic E-state index is 0.111. The molecule has 2 unspecified atom stereocenters. The first-order chi connectivity index (χ1) is 6.25. The second-order valence-electron chi connectivity index (χ2n) is 3.74. The van der Waals surface area contributed by atoms with Gasteiger partial charge in [-0.05, 0) is 11.8 Å². The van der Waals surface area contributed by atoms with Gasteiger partial charge in [0.1, 0.15) is 6.54 Å². The van der Waals surface area contributed by atoms with E-state index in [1.165, 1.54) is 4.90 Å². The maximum atomic E-state index is 11.6. The van der Waals surface area contributed by atoms with E-state index in [9.17, 15) is 4.79 Å². The van der Waals surface area contributed by atoms with Gasteiger partial charge in [0.2, 0.25) is 5.91 Å². The lowest BCUT2D eigenvalue weighted by Crippen LogP contribution is -2.30. The lowest BCUT2D eigenvalue weighted by atomic mass is 10.2. The van der Waals surface area contributed by atoms with Gasteiger partial charge in [-0.15, -0.1) is 0 Å². The minimum atomic E-state index is 0.111. The number of rotatable bonds is 2. The number of fused-ring (bicyclic) bond motifs is 1. The van der Waals surface area contributed by atoms with Crippen LogP contribution in [0.1, 0.15) is 0 Å². The van der Waals surface area contributed by atoms with E-state index in [2.05, 4.69) is 0 Å². The average Bonchev–Trinajstić information content (AvgIpc) is 2.58. The van der Waals surface area contributed by atoms with Gasteiger partial charge in [0.15, 0.2) is 0 Å². The second-order valence-corrected chi connectivity index (χ2v) is 3.74. The Bertz CT molecular complexity index is 261. The summed E-state index contributed by atoms with van der Waals surface area (Å²) >= 11 is 0. The maximum Gasteiger partial charge on any atom is 0.227 e. The Kier molecular flexibility index (Phi) is 1.97. The highest BCUT2D eigenvalue weighted by atomic mass is 16.5. The largest absolute Gasteiger partial charge is 0.381 e. The molecule has 0 aromatic carbocycles. The molecule has 1 amide bonds. The first kappa shape index (κ1) is 8.52. The molecular formula is C9H12N2O2. The molecule has 1 aliphatic heterocycles. The molecular weight excluding hydrogens is 168 g/mol. The molecule has 2 rings (SSSR count). The highest BCUT2D eigenvalue weighted by Crippen LogP contribution is 2.51. The van der Waals surface area contributed by atoms with Gasteiger partial charge in [-0.3, -0.25) is 4.79 Å². The molecule has 2 fully saturated rings. The molecule has 1 aliphatic carbocycles. The van der Waals surface area contributed by atoms with Crippen molar-refractivity contribution in [2.75, 3.05) is 26.8 Å². The average molecular weight is 180 g/mol. The zero-order valence-corrected chi connectivity index (χ0v) is 7.56. The van der Waals surface area contributed by atoms with E-state index >= 15 is 0 Å². The maximum absolute atomic E-state index is 11.6. The Morgan fingerprint density at radius 1 is 1.62 bits per heavy atom. The summed E-state index contributed by atoms with van der Waals surface area (Å²) in [6.07, 6.45) is 0. The van der Waals surface area contributed by atoms with Crippen LogP contribution < -0.4 is 0 Å². The highest BCUT2D eigenvalue weighted by Gasteiger charge is 2.58. The number of hydrogen-bond acceptors (Lipinski definition) is 3. The fourth-order valence-electron chi connectivity index (χ4n) is 2.04. The molecule has 1 heterocycles. The van der Waals surface area contributed by atoms with Crippen LogP contribution >= 0.6 is 0 Å². The van der Waals surface area contributed by atoms with Crippen molar-refractivity contribution >= 4 is 5.91 Å². The lowest BCUT2D eigenvalue weighted by molar-refractivity contribution is -0.132. The molecule has 0 bridgehead atoms. The first-order valence-electron chi connectivity index (χ1n) is 4.45. The van der Waals surface area contributed by atoms with E-state index in [1.807, 2.05) is 6.07 Å². The zero-order valence-electron chi connectivity index (χ0n) is 7.56. The Labute approximate surface area is 77.1 Å². The van der Waals surface area contributed by atoms with Crippen molar-refractivity contribution in [1.82, 2.24) is 4.90 Å². The predicted molar refractivity (Wildman–Crippen MR) is 44.5 cm³/mol. The van der Waals surface area contributed by atoms with Gasteiger partial charge in [-0.25, -0.2) is 0 Å². The summed E-state index contributed by atoms with van der Waals surface area (Å²) in [4.78, 5) is 13.1. The van der Waals surface area contributed by atoms with Gasteiger partial charge in [0, 0.05) is 13.0 Å². The van der Waals surface area contributed by atoms with Crippen molar-refractivity contribution < 1.29 is 9.53 Å². The summed E-state index contributed by atoms with van der Waals surface area (Å²) in [6, 6.07) is 1.97. The van der Waals surface area contributed by atoms with Gasteiger partial charge in [-0.1, -0.05) is 0 Å². The fraction of sp³-hybridized carbons (Fsp3) is 0.778. The normalized spacial score (nSPS) is 34.9. The van der Waals surface area contributed by atoms with Crippen molar-refractivity contribution in [3.05, 3.63) is 0 Å². The summed E-state index contributed by atoms with van der Waals surface area (Å²) in [6.45, 7) is 1.64. The molecule has 4 nitrogen and oxygen atoms in total. The van der Waals surface area contributed by atoms with Crippen LogP contribution in [0.25, 0.3) is 0 Å². The predicted octanol–water partition coefficient (Wildman–Crippen LogP) is -0.139. The summed E-state index contributed by atoms with van der Waals surface area (Å²) in [7, 11) is 1.68. The third-order valence-electron chi connectivity index (χ3n) is 2.92. The van der Waals surface area contributed by atoms with Gasteiger partial charge in [-0.2, -0.15) is 5.26 Å². The van der Waals surface area contributed by atoms with E-state index in [4.69, 9.17) is 10.00 Å². The van der Waals surface area contributed by atoms with Crippen LogP contribution in [0.3, 0.4) is 0 Å². The molecule has 4 heteroatoms. The van der Waals surface area contributed by atoms with Gasteiger partial charge in [0.25, 0.3) is 0 Å². The quantitative estimate of drug-likeness (QED) is 0.556. The van der Waals surface area contributed by atoms with E-state index in [1.54, 1.807) is 7.05 Å². The van der Waals surface area contributed by atoms with Crippen molar-refractivity contribution in [2.24, 2.45) is 17.8 Å². The Hall–Kier alpha value is -1.08. The number of hydrogen-bond donors (Lipinski definition) is 0. The molecule has 2 atom stereocenters. The van der Waals surface area contributed by atoms with E-state index in [0.717, 1.165) is 13.2 Å². The van der Waals surface area contributed by atoms with Gasteiger partial charge < -0.3 is 9.64 Å². The Morgan fingerprint density at radius 3 is 2.77 bits per heavy atom. The summed E-state index contributed by atoms with van der Waals surface area (Å²) in [5.41, 5.74) is 0. The Balaban J connectivity index is 1.89. The topological polar surface area (TPSA) is 53.3 Å². The number of nitriles is 1. The Morgan fingerprint density at radius 2 is 2.23 bits per heavy atom. The number of ether oxygens (including phenoxy) is 1.